The largest absolute Gasteiger partial charge is 0.506 e. The average molecular weight is 443 g/mol. The van der Waals surface area contributed by atoms with Crippen LogP contribution in [0.5, 0.6) is 5.75 Å². The summed E-state index contributed by atoms with van der Waals surface area (Å²) in [4.78, 5) is 28.4. The number of aromatic hydroxyl groups is 1. The first-order valence-corrected chi connectivity index (χ1v) is 11.1. The monoisotopic (exact) mass is 442 g/mol. The zero-order chi connectivity index (χ0) is 23.8. The molecule has 0 aliphatic carbocycles. The Morgan fingerprint density at radius 1 is 1.00 bits per heavy atom. The average Bonchev–Trinajstić information content (AvgIpc) is 2.79. The summed E-state index contributed by atoms with van der Waals surface area (Å²) in [5.74, 6) is -0.883. The van der Waals surface area contributed by atoms with Crippen LogP contribution in [0.15, 0.2) is 77.1 Å². The normalized spacial score (nSPS) is 12.0. The van der Waals surface area contributed by atoms with Crippen molar-refractivity contribution in [2.45, 2.75) is 33.6 Å². The fourth-order valence-corrected chi connectivity index (χ4v) is 3.74. The van der Waals surface area contributed by atoms with Crippen molar-refractivity contribution in [3.8, 4) is 5.75 Å². The Bertz CT molecular complexity index is 1320. The summed E-state index contributed by atoms with van der Waals surface area (Å²) in [6.45, 7) is 5.98. The molecule has 0 aliphatic heterocycles. The molecule has 0 saturated heterocycles. The molecule has 0 aliphatic rings. The summed E-state index contributed by atoms with van der Waals surface area (Å²) < 4.78 is 0. The molecule has 2 aromatic carbocycles. The van der Waals surface area contributed by atoms with Crippen LogP contribution in [0, 0.1) is 0 Å². The van der Waals surface area contributed by atoms with Gasteiger partial charge in [-0.15, -0.1) is 0 Å². The molecule has 0 bridgehead atoms. The third-order valence-electron chi connectivity index (χ3n) is 5.44. The fourth-order valence-electron chi connectivity index (χ4n) is 3.74. The summed E-state index contributed by atoms with van der Waals surface area (Å²) in [6.07, 6.45) is 5.14. The number of allylic oxidation sites excluding steroid dienone is 2. The minimum atomic E-state index is -0.615. The van der Waals surface area contributed by atoms with E-state index < -0.39 is 11.5 Å². The standard InChI is InChI=1S/C28H30N2O3/c1-4-20(17-22-13-9-6-10-14-22)18-23-24(19(2)3)26(31)25(28(33)30-23)27(32)29-16-15-21-11-7-5-8-12-21/h4-14,18,31H,15-17H2,1-3H3,(H,29,32)(H,30,33)/b20-4-,23-18+. The van der Waals surface area contributed by atoms with E-state index in [-0.39, 0.29) is 11.3 Å². The molecule has 3 rings (SSSR count). The Morgan fingerprint density at radius 2 is 1.61 bits per heavy atom. The van der Waals surface area contributed by atoms with Gasteiger partial charge in [0, 0.05) is 11.8 Å². The molecule has 33 heavy (non-hydrogen) atoms. The van der Waals surface area contributed by atoms with Crippen molar-refractivity contribution in [3.63, 3.8) is 0 Å². The number of amides is 1. The lowest BCUT2D eigenvalue weighted by atomic mass is 10.0. The molecule has 0 unspecified atom stereocenters. The van der Waals surface area contributed by atoms with Gasteiger partial charge in [-0.2, -0.15) is 0 Å². The van der Waals surface area contributed by atoms with Crippen molar-refractivity contribution >= 4 is 17.6 Å². The molecule has 0 spiro atoms. The number of carbonyl (C=O) groups excluding carboxylic acids is 1. The Labute approximate surface area is 193 Å². The molecule has 3 aromatic rings. The summed E-state index contributed by atoms with van der Waals surface area (Å²) in [7, 11) is 0. The van der Waals surface area contributed by atoms with Crippen LogP contribution in [0.2, 0.25) is 0 Å². The van der Waals surface area contributed by atoms with Crippen molar-refractivity contribution in [1.82, 2.24) is 10.3 Å². The van der Waals surface area contributed by atoms with Crippen molar-refractivity contribution in [1.29, 1.82) is 0 Å². The van der Waals surface area contributed by atoms with Crippen LogP contribution in [-0.4, -0.2) is 22.5 Å². The number of pyridine rings is 1. The van der Waals surface area contributed by atoms with Crippen molar-refractivity contribution in [2.24, 2.45) is 0 Å². The fraction of sp³-hybridized carbons (Fsp3) is 0.214. The van der Waals surface area contributed by atoms with Gasteiger partial charge < -0.3 is 15.4 Å². The Morgan fingerprint density at radius 3 is 2.18 bits per heavy atom. The minimum absolute atomic E-state index is 0.263. The maximum absolute atomic E-state index is 12.8. The van der Waals surface area contributed by atoms with E-state index >= 15 is 0 Å². The molecule has 170 valence electrons. The Balaban J connectivity index is 1.93. The van der Waals surface area contributed by atoms with Crippen LogP contribution >= 0.6 is 0 Å². The second-order valence-electron chi connectivity index (χ2n) is 8.13. The molecule has 0 atom stereocenters. The predicted octanol–water partition coefficient (Wildman–Crippen LogP) is 3.21. The van der Waals surface area contributed by atoms with E-state index in [2.05, 4.69) is 10.3 Å². The van der Waals surface area contributed by atoms with Gasteiger partial charge in [0.15, 0.2) is 0 Å². The first-order valence-electron chi connectivity index (χ1n) is 11.1. The van der Waals surface area contributed by atoms with Gasteiger partial charge >= 0.3 is 0 Å². The van der Waals surface area contributed by atoms with Gasteiger partial charge in [-0.05, 0) is 56.4 Å². The topological polar surface area (TPSA) is 82.2 Å². The van der Waals surface area contributed by atoms with Crippen LogP contribution < -0.4 is 21.4 Å². The second kappa shape index (κ2) is 11.1. The summed E-state index contributed by atoms with van der Waals surface area (Å²) in [5, 5.41) is 14.6. The highest BCUT2D eigenvalue weighted by atomic mass is 16.3. The Kier molecular flexibility index (Phi) is 8.03. The summed E-state index contributed by atoms with van der Waals surface area (Å²) >= 11 is 0. The highest BCUT2D eigenvalue weighted by Gasteiger charge is 2.18. The molecule has 0 saturated carbocycles. The number of hydrogen-bond donors (Lipinski definition) is 3. The molecule has 5 heteroatoms. The van der Waals surface area contributed by atoms with Crippen LogP contribution in [-0.2, 0) is 12.8 Å². The maximum atomic E-state index is 12.8. The zero-order valence-corrected chi connectivity index (χ0v) is 19.3. The van der Waals surface area contributed by atoms with E-state index in [4.69, 9.17) is 0 Å². The SMILES string of the molecule is C/C=C(\C=c1\[nH]c(=O)c(C(=O)NCCc2ccccc2)c(O)c1=C(C)C)Cc1ccccc1. The highest BCUT2D eigenvalue weighted by Crippen LogP contribution is 2.10. The number of rotatable bonds is 7. The summed E-state index contributed by atoms with van der Waals surface area (Å²) in [6, 6.07) is 19.8. The number of aromatic amines is 1. The number of carbonyl (C=O) groups is 1. The first-order chi connectivity index (χ1) is 15.9. The van der Waals surface area contributed by atoms with E-state index in [0.29, 0.717) is 30.0 Å². The molecular weight excluding hydrogens is 412 g/mol. The van der Waals surface area contributed by atoms with Gasteiger partial charge in [0.1, 0.15) is 11.3 Å². The molecule has 0 fully saturated rings. The van der Waals surface area contributed by atoms with Crippen LogP contribution in [0.3, 0.4) is 0 Å². The number of hydrogen-bond acceptors (Lipinski definition) is 3. The van der Waals surface area contributed by atoms with E-state index in [1.54, 1.807) is 0 Å². The van der Waals surface area contributed by atoms with Crippen molar-refractivity contribution in [3.05, 3.63) is 110 Å². The van der Waals surface area contributed by atoms with Crippen LogP contribution in [0.4, 0.5) is 0 Å². The van der Waals surface area contributed by atoms with Gasteiger partial charge in [-0.25, -0.2) is 0 Å². The molecule has 0 radical (unpaired) electrons. The lowest BCUT2D eigenvalue weighted by molar-refractivity contribution is 0.0949. The van der Waals surface area contributed by atoms with Gasteiger partial charge in [0.25, 0.3) is 11.5 Å². The van der Waals surface area contributed by atoms with Crippen LogP contribution in [0.1, 0.15) is 42.3 Å². The van der Waals surface area contributed by atoms with E-state index in [9.17, 15) is 14.7 Å². The van der Waals surface area contributed by atoms with Crippen LogP contribution in [0.25, 0.3) is 11.6 Å². The first kappa shape index (κ1) is 23.8. The van der Waals surface area contributed by atoms with Gasteiger partial charge in [-0.1, -0.05) is 72.3 Å². The van der Waals surface area contributed by atoms with E-state index in [1.807, 2.05) is 93.6 Å². The number of nitrogens with one attached hydrogen (secondary N) is 2. The van der Waals surface area contributed by atoms with E-state index in [0.717, 1.165) is 22.3 Å². The molecule has 1 aromatic heterocycles. The smallest absolute Gasteiger partial charge is 0.265 e. The number of aromatic nitrogens is 1. The third kappa shape index (κ3) is 6.10. The third-order valence-corrected chi connectivity index (χ3v) is 5.44. The number of benzene rings is 2. The van der Waals surface area contributed by atoms with Gasteiger partial charge in [0.05, 0.1) is 5.35 Å². The highest BCUT2D eigenvalue weighted by molar-refractivity contribution is 5.96. The second-order valence-corrected chi connectivity index (χ2v) is 8.13. The predicted molar refractivity (Wildman–Crippen MR) is 134 cm³/mol. The zero-order valence-electron chi connectivity index (χ0n) is 19.3. The molecular formula is C28H30N2O3. The van der Waals surface area contributed by atoms with Crippen molar-refractivity contribution < 1.29 is 9.90 Å². The maximum Gasteiger partial charge on any atom is 0.265 e. The van der Waals surface area contributed by atoms with Crippen molar-refractivity contribution in [2.75, 3.05) is 6.54 Å². The lowest BCUT2D eigenvalue weighted by Crippen LogP contribution is -2.41. The Hall–Kier alpha value is -3.86. The molecule has 5 nitrogen and oxygen atoms in total. The quantitative estimate of drug-likeness (QED) is 0.526. The van der Waals surface area contributed by atoms with E-state index in [1.165, 1.54) is 0 Å². The van der Waals surface area contributed by atoms with Gasteiger partial charge in [0.2, 0.25) is 0 Å². The molecule has 1 heterocycles. The lowest BCUT2D eigenvalue weighted by Gasteiger charge is -2.09. The molecule has 1 amide bonds. The van der Waals surface area contributed by atoms with Gasteiger partial charge in [-0.3, -0.25) is 9.59 Å². The number of H-pyrrole nitrogens is 1. The minimum Gasteiger partial charge on any atom is -0.506 e. The summed E-state index contributed by atoms with van der Waals surface area (Å²) in [5.41, 5.74) is 3.12. The molecule has 3 N–H and O–H groups in total.